The van der Waals surface area contributed by atoms with Gasteiger partial charge >= 0.3 is 0 Å². The highest BCUT2D eigenvalue weighted by atomic mass is 16.3. The van der Waals surface area contributed by atoms with E-state index in [4.69, 9.17) is 58.1 Å². The van der Waals surface area contributed by atoms with Crippen molar-refractivity contribution in [1.29, 1.82) is 0 Å². The molecule has 12 heteroatoms. The third kappa shape index (κ3) is 17.2. The van der Waals surface area contributed by atoms with E-state index in [1.807, 2.05) is 170 Å². The van der Waals surface area contributed by atoms with E-state index in [-0.39, 0.29) is 0 Å². The minimum atomic E-state index is 0.621. The highest BCUT2D eigenvalue weighted by molar-refractivity contribution is 6.21. The number of fused-ring (bicyclic) bond motifs is 15. The Morgan fingerprint density at radius 3 is 0.701 bits per heavy atom. The molecule has 0 amide bonds. The van der Waals surface area contributed by atoms with Crippen LogP contribution in [0.25, 0.3) is 279 Å². The molecule has 0 spiro atoms. The molecule has 0 unspecified atom stereocenters. The van der Waals surface area contributed by atoms with Crippen LogP contribution >= 0.6 is 0 Å². The van der Waals surface area contributed by atoms with Crippen LogP contribution in [0, 0.1) is 0 Å². The Morgan fingerprint density at radius 2 is 0.327 bits per heavy atom. The molecule has 6 aromatic heterocycles. The largest absolute Gasteiger partial charge is 0.455 e. The van der Waals surface area contributed by atoms with Gasteiger partial charge in [-0.25, -0.2) is 44.9 Å². The Bertz CT molecular complexity index is 9780. The van der Waals surface area contributed by atoms with Crippen molar-refractivity contribution in [1.82, 2.24) is 44.9 Å². The summed E-state index contributed by atoms with van der Waals surface area (Å²) in [6.45, 7) is 0. The maximum absolute atomic E-state index is 6.46. The summed E-state index contributed by atoms with van der Waals surface area (Å²) in [7, 11) is 0. The fourth-order valence-electron chi connectivity index (χ4n) is 20.1. The average Bonchev–Trinajstić information content (AvgIpc) is 1.62. The van der Waals surface area contributed by atoms with Crippen molar-refractivity contribution in [2.75, 3.05) is 0 Å². The molecule has 0 bridgehead atoms. The summed E-state index contributed by atoms with van der Waals surface area (Å²) in [5, 5.41) is 13.5. The Hall–Kier alpha value is -20.0. The first kappa shape index (κ1) is 87.3. The van der Waals surface area contributed by atoms with Crippen LogP contribution in [-0.2, 0) is 0 Å². The number of aromatic nitrogens is 9. The maximum atomic E-state index is 6.46. The summed E-state index contributed by atoms with van der Waals surface area (Å²) < 4.78 is 19.2. The van der Waals surface area contributed by atoms with Crippen molar-refractivity contribution in [3.05, 3.63) is 516 Å². The number of rotatable bonds is 16. The molecule has 0 aliphatic rings. The standard InChI is InChI=1S/C49H31N3O.2C43H27N3O/c1-3-11-32(12-4-1)33-21-23-34(24-22-33)39-16-9-17-40(31-39)49-51-47(37-13-5-2-6-14-37)50-48(52-49)38-27-25-35(26-28-38)41-19-10-15-36-29-30-43-42-18-7-8-20-44(42)53-46(43)45(36)41;1-3-12-28(13-4-1)41-44-42(29-14-5-2-6-15-29)46-43(45-41)33-19-10-17-31(27-33)30-16-9-18-32(26-30)34-21-11-22-37-35(34)24-25-38-36-20-7-8-23-39(36)47-40(37)38;1-3-11-28(12-4-1)29-21-23-31(24-22-29)42-44-41(30-13-5-2-6-14-30)45-43(46-42)33-16-9-15-32(27-33)34-18-10-19-37-35(34)25-26-38-36-17-7-8-20-39(36)47-40(37)38/h1-31H;2*1-27H. The highest BCUT2D eigenvalue weighted by Crippen LogP contribution is 2.45. The van der Waals surface area contributed by atoms with Crippen molar-refractivity contribution in [2.45, 2.75) is 0 Å². The molecule has 0 atom stereocenters. The van der Waals surface area contributed by atoms with Crippen LogP contribution in [-0.4, -0.2) is 44.9 Å². The second kappa shape index (κ2) is 38.2. The van der Waals surface area contributed by atoms with E-state index in [1.165, 1.54) is 22.3 Å². The van der Waals surface area contributed by atoms with Crippen molar-refractivity contribution in [3.63, 3.8) is 0 Å². The van der Waals surface area contributed by atoms with Crippen LogP contribution in [0.5, 0.6) is 0 Å². The predicted molar refractivity (Wildman–Crippen MR) is 601 cm³/mol. The zero-order valence-corrected chi connectivity index (χ0v) is 79.3. The van der Waals surface area contributed by atoms with Gasteiger partial charge in [-0.15, -0.1) is 0 Å². The van der Waals surface area contributed by atoms with Gasteiger partial charge < -0.3 is 13.3 Å². The van der Waals surface area contributed by atoms with Gasteiger partial charge in [0.05, 0.1) is 0 Å². The normalized spacial score (nSPS) is 11.4. The zero-order valence-electron chi connectivity index (χ0n) is 79.3. The Balaban J connectivity index is 0.000000112. The second-order valence-electron chi connectivity index (χ2n) is 36.5. The molecule has 0 aliphatic carbocycles. The van der Waals surface area contributed by atoms with E-state index in [9.17, 15) is 0 Å². The summed E-state index contributed by atoms with van der Waals surface area (Å²) in [5.41, 5.74) is 29.8. The summed E-state index contributed by atoms with van der Waals surface area (Å²) >= 11 is 0. The molecule has 0 radical (unpaired) electrons. The minimum absolute atomic E-state index is 0.621. The van der Waals surface area contributed by atoms with Gasteiger partial charge in [-0.1, -0.05) is 455 Å². The molecule has 0 N–H and O–H groups in total. The van der Waals surface area contributed by atoms with E-state index < -0.39 is 0 Å². The van der Waals surface area contributed by atoms with Gasteiger partial charge in [0.2, 0.25) is 0 Å². The first-order valence-corrected chi connectivity index (χ1v) is 49.2. The predicted octanol–water partition coefficient (Wildman–Crippen LogP) is 35.4. The van der Waals surface area contributed by atoms with Gasteiger partial charge in [-0.2, -0.15) is 0 Å². The molecule has 0 saturated heterocycles. The molecule has 22 aromatic carbocycles. The number of hydrogen-bond acceptors (Lipinski definition) is 12. The van der Waals surface area contributed by atoms with E-state index in [0.717, 1.165) is 204 Å². The lowest BCUT2D eigenvalue weighted by Gasteiger charge is -2.11. The monoisotopic (exact) mass is 1880 g/mol. The number of hydrogen-bond donors (Lipinski definition) is 0. The van der Waals surface area contributed by atoms with E-state index in [0.29, 0.717) is 52.4 Å². The lowest BCUT2D eigenvalue weighted by molar-refractivity contribution is 0.672. The van der Waals surface area contributed by atoms with Crippen LogP contribution < -0.4 is 0 Å². The number of furan rings is 3. The Kier molecular flexibility index (Phi) is 22.7. The second-order valence-corrected chi connectivity index (χ2v) is 36.5. The quantitative estimate of drug-likeness (QED) is 0.0904. The van der Waals surface area contributed by atoms with E-state index >= 15 is 0 Å². The summed E-state index contributed by atoms with van der Waals surface area (Å²) in [4.78, 5) is 44.8. The third-order valence-electron chi connectivity index (χ3n) is 27.4. The number of nitrogens with zero attached hydrogens (tertiary/aromatic N) is 9. The van der Waals surface area contributed by atoms with Crippen molar-refractivity contribution >= 4 is 98.1 Å². The minimum Gasteiger partial charge on any atom is -0.455 e. The van der Waals surface area contributed by atoms with Gasteiger partial charge in [-0.05, 0) is 155 Å². The fraction of sp³-hybridized carbons (Fsp3) is 0. The summed E-state index contributed by atoms with van der Waals surface area (Å²) in [6.07, 6.45) is 0. The topological polar surface area (TPSA) is 155 Å². The molecular weight excluding hydrogens is 1800 g/mol. The molecule has 0 saturated carbocycles. The third-order valence-corrected chi connectivity index (χ3v) is 27.4. The molecule has 12 nitrogen and oxygen atoms in total. The van der Waals surface area contributed by atoms with Crippen molar-refractivity contribution in [2.24, 2.45) is 0 Å². The first-order valence-electron chi connectivity index (χ1n) is 49.2. The lowest BCUT2D eigenvalue weighted by atomic mass is 9.94. The van der Waals surface area contributed by atoms with Gasteiger partial charge in [0, 0.05) is 98.5 Å². The first-order chi connectivity index (χ1) is 72.8. The molecule has 147 heavy (non-hydrogen) atoms. The molecule has 28 aromatic rings. The highest BCUT2D eigenvalue weighted by Gasteiger charge is 2.23. The molecule has 6 heterocycles. The smallest absolute Gasteiger partial charge is 0.164 e. The van der Waals surface area contributed by atoms with Gasteiger partial charge in [-0.3, -0.25) is 0 Å². The van der Waals surface area contributed by atoms with Crippen LogP contribution in [0.2, 0.25) is 0 Å². The van der Waals surface area contributed by atoms with Crippen molar-refractivity contribution < 1.29 is 13.3 Å². The molecule has 0 fully saturated rings. The number of benzene rings is 22. The van der Waals surface area contributed by atoms with E-state index in [2.05, 4.69) is 346 Å². The number of para-hydroxylation sites is 3. The molecule has 688 valence electrons. The van der Waals surface area contributed by atoms with Crippen molar-refractivity contribution in [3.8, 4) is 180 Å². The zero-order chi connectivity index (χ0) is 97.5. The molecular formula is C135H85N9O3. The molecule has 28 rings (SSSR count). The van der Waals surface area contributed by atoms with Gasteiger partial charge in [0.25, 0.3) is 0 Å². The van der Waals surface area contributed by atoms with Crippen LogP contribution in [0.15, 0.2) is 529 Å². The van der Waals surface area contributed by atoms with Crippen LogP contribution in [0.1, 0.15) is 0 Å². The molecule has 0 aliphatic heterocycles. The van der Waals surface area contributed by atoms with Crippen LogP contribution in [0.4, 0.5) is 0 Å². The maximum Gasteiger partial charge on any atom is 0.164 e. The fourth-order valence-corrected chi connectivity index (χ4v) is 20.1. The van der Waals surface area contributed by atoms with Gasteiger partial charge in [0.15, 0.2) is 52.4 Å². The van der Waals surface area contributed by atoms with Crippen LogP contribution in [0.3, 0.4) is 0 Å². The lowest BCUT2D eigenvalue weighted by Crippen LogP contribution is -2.00. The SMILES string of the molecule is c1ccc(-c2ccc(-c3cccc(-c4nc(-c5ccccc5)nc(-c5ccc(-c6cccc7ccc8c9ccccc9oc8c67)cc5)n4)c3)cc2)cc1.c1ccc(-c2ccc(-c3nc(-c4ccccc4)nc(-c4cccc(-c5cccc6c5ccc5c7ccccc7oc65)c4)n3)cc2)cc1.c1ccc(-c2nc(-c3ccccc3)nc(-c3cccc(-c4cccc(-c5cccc6c5ccc5c7ccccc7oc65)c4)c3)n2)cc1. The van der Waals surface area contributed by atoms with E-state index in [1.54, 1.807) is 0 Å². The Labute approximate surface area is 846 Å². The average molecular weight is 1880 g/mol. The van der Waals surface area contributed by atoms with Gasteiger partial charge in [0.1, 0.15) is 33.5 Å². The summed E-state index contributed by atoms with van der Waals surface area (Å²) in [5.74, 6) is 5.72. The Morgan fingerprint density at radius 1 is 0.116 bits per heavy atom. The summed E-state index contributed by atoms with van der Waals surface area (Å²) in [6, 6.07) is 178.